The Morgan fingerprint density at radius 1 is 1.12 bits per heavy atom. The summed E-state index contributed by atoms with van der Waals surface area (Å²) in [5, 5.41) is 5.71. The number of hydrogen-bond acceptors (Lipinski definition) is 5. The summed E-state index contributed by atoms with van der Waals surface area (Å²) < 4.78 is 1.18. The molecule has 1 N–H and O–H groups in total. The number of anilines is 1. The van der Waals surface area contributed by atoms with E-state index in [-0.39, 0.29) is 5.91 Å². The van der Waals surface area contributed by atoms with Crippen molar-refractivity contribution in [1.29, 1.82) is 0 Å². The number of amides is 1. The van der Waals surface area contributed by atoms with E-state index in [0.29, 0.717) is 16.7 Å². The molecule has 0 radical (unpaired) electrons. The molecule has 0 saturated heterocycles. The topological polar surface area (TPSA) is 42.0 Å². The van der Waals surface area contributed by atoms with E-state index < -0.39 is 0 Å². The molecular weight excluding hydrogens is 453 g/mol. The number of nitrogens with one attached hydrogen (secondary N) is 1. The Kier molecular flexibility index (Phi) is 6.10. The zero-order chi connectivity index (χ0) is 22.2. The van der Waals surface area contributed by atoms with Gasteiger partial charge in [0, 0.05) is 26.1 Å². The number of carbonyl (C=O) groups is 1. The van der Waals surface area contributed by atoms with Gasteiger partial charge in [0.25, 0.3) is 5.91 Å². The van der Waals surface area contributed by atoms with E-state index in [1.54, 1.807) is 34.4 Å². The molecule has 1 unspecified atom stereocenters. The van der Waals surface area contributed by atoms with Crippen LogP contribution >= 0.6 is 34.4 Å². The highest BCUT2D eigenvalue weighted by atomic mass is 32.2. The van der Waals surface area contributed by atoms with Gasteiger partial charge >= 0.3 is 0 Å². The molecule has 6 heteroatoms. The number of carbonyl (C=O) groups excluding carboxylic acids is 1. The second kappa shape index (κ2) is 9.00. The van der Waals surface area contributed by atoms with Crippen LogP contribution < -0.4 is 5.32 Å². The SMILES string of the molecule is CC1CCc2c(sc(NC(=O)c3ccc(SC(C)C)cc3)c2-c2nc3ccccc3s2)C1. The number of fused-ring (bicyclic) bond motifs is 2. The fraction of sp³-hybridized carbons (Fsp3) is 0.308. The average molecular weight is 479 g/mol. The summed E-state index contributed by atoms with van der Waals surface area (Å²) in [5.74, 6) is 0.624. The summed E-state index contributed by atoms with van der Waals surface area (Å²) in [5.41, 5.74) is 4.23. The highest BCUT2D eigenvalue weighted by Gasteiger charge is 2.27. The molecule has 0 aliphatic heterocycles. The van der Waals surface area contributed by atoms with Gasteiger partial charge in [0.05, 0.1) is 10.2 Å². The van der Waals surface area contributed by atoms with Crippen molar-refractivity contribution in [3.63, 3.8) is 0 Å². The van der Waals surface area contributed by atoms with Crippen LogP contribution in [0.25, 0.3) is 20.8 Å². The van der Waals surface area contributed by atoms with Gasteiger partial charge in [-0.25, -0.2) is 4.98 Å². The Labute approximate surface area is 201 Å². The monoisotopic (exact) mass is 478 g/mol. The number of thiazole rings is 1. The number of thioether (sulfide) groups is 1. The molecule has 32 heavy (non-hydrogen) atoms. The summed E-state index contributed by atoms with van der Waals surface area (Å²) in [7, 11) is 0. The van der Waals surface area contributed by atoms with Crippen LogP contribution in [0.2, 0.25) is 0 Å². The number of thiophene rings is 1. The van der Waals surface area contributed by atoms with Crippen LogP contribution in [0.3, 0.4) is 0 Å². The van der Waals surface area contributed by atoms with E-state index in [1.165, 1.54) is 26.5 Å². The van der Waals surface area contributed by atoms with Crippen molar-refractivity contribution in [2.45, 2.75) is 50.2 Å². The van der Waals surface area contributed by atoms with Gasteiger partial charge in [0.1, 0.15) is 10.0 Å². The van der Waals surface area contributed by atoms with Crippen molar-refractivity contribution in [3.8, 4) is 10.6 Å². The highest BCUT2D eigenvalue weighted by molar-refractivity contribution is 7.99. The van der Waals surface area contributed by atoms with Crippen LogP contribution in [0.1, 0.15) is 48.0 Å². The molecule has 2 aromatic carbocycles. The van der Waals surface area contributed by atoms with Gasteiger partial charge in [-0.05, 0) is 67.1 Å². The molecule has 1 aliphatic rings. The Bertz CT molecular complexity index is 1240. The van der Waals surface area contributed by atoms with Gasteiger partial charge < -0.3 is 5.32 Å². The summed E-state index contributed by atoms with van der Waals surface area (Å²) >= 11 is 5.26. The molecule has 1 atom stereocenters. The number of hydrogen-bond donors (Lipinski definition) is 1. The maximum absolute atomic E-state index is 13.2. The fourth-order valence-electron chi connectivity index (χ4n) is 4.18. The number of nitrogens with zero attached hydrogens (tertiary/aromatic N) is 1. The third-order valence-corrected chi connectivity index (χ3v) is 8.97. The molecule has 3 nitrogen and oxygen atoms in total. The maximum atomic E-state index is 13.2. The molecule has 2 aromatic heterocycles. The van der Waals surface area contributed by atoms with Crippen LogP contribution in [-0.4, -0.2) is 16.1 Å². The van der Waals surface area contributed by atoms with Crippen LogP contribution in [0.15, 0.2) is 53.4 Å². The van der Waals surface area contributed by atoms with E-state index in [1.807, 2.05) is 30.3 Å². The third-order valence-electron chi connectivity index (χ3n) is 5.73. The zero-order valence-corrected chi connectivity index (χ0v) is 20.9. The third kappa shape index (κ3) is 4.36. The number of para-hydroxylation sites is 1. The lowest BCUT2D eigenvalue weighted by Crippen LogP contribution is -2.11. The van der Waals surface area contributed by atoms with Gasteiger partial charge in [-0.1, -0.05) is 32.9 Å². The molecule has 0 fully saturated rings. The second-order valence-corrected chi connectivity index (χ2v) is 12.5. The molecule has 1 amide bonds. The lowest BCUT2D eigenvalue weighted by molar-refractivity contribution is 0.102. The van der Waals surface area contributed by atoms with Crippen LogP contribution in [0.4, 0.5) is 5.00 Å². The fourth-order valence-corrected chi connectivity index (χ4v) is 7.53. The first-order valence-corrected chi connectivity index (χ1v) is 13.6. The van der Waals surface area contributed by atoms with Crippen molar-refractivity contribution >= 4 is 55.6 Å². The first kappa shape index (κ1) is 21.7. The van der Waals surface area contributed by atoms with E-state index in [0.717, 1.165) is 33.9 Å². The van der Waals surface area contributed by atoms with E-state index in [9.17, 15) is 4.79 Å². The predicted molar refractivity (Wildman–Crippen MR) is 140 cm³/mol. The summed E-state index contributed by atoms with van der Waals surface area (Å²) in [6.07, 6.45) is 3.31. The van der Waals surface area contributed by atoms with Gasteiger partial charge in [-0.15, -0.1) is 34.4 Å². The normalized spacial score (nSPS) is 15.8. The first-order chi connectivity index (χ1) is 15.5. The van der Waals surface area contributed by atoms with Crippen molar-refractivity contribution < 1.29 is 4.79 Å². The smallest absolute Gasteiger partial charge is 0.256 e. The molecule has 4 aromatic rings. The number of aromatic nitrogens is 1. The quantitative estimate of drug-likeness (QED) is 0.296. The minimum absolute atomic E-state index is 0.0555. The lowest BCUT2D eigenvalue weighted by atomic mass is 9.88. The maximum Gasteiger partial charge on any atom is 0.256 e. The molecular formula is C26H26N2OS3. The number of benzene rings is 2. The van der Waals surface area contributed by atoms with Crippen molar-refractivity contribution in [1.82, 2.24) is 4.98 Å². The Morgan fingerprint density at radius 2 is 1.91 bits per heavy atom. The molecule has 2 heterocycles. The van der Waals surface area contributed by atoms with Gasteiger partial charge in [0.15, 0.2) is 0 Å². The molecule has 5 rings (SSSR count). The minimum Gasteiger partial charge on any atom is -0.313 e. The van der Waals surface area contributed by atoms with Crippen molar-refractivity contribution in [2.24, 2.45) is 5.92 Å². The average Bonchev–Trinajstić information content (AvgIpc) is 3.33. The second-order valence-electron chi connectivity index (χ2n) is 8.69. The molecule has 164 valence electrons. The summed E-state index contributed by atoms with van der Waals surface area (Å²) in [4.78, 5) is 20.7. The lowest BCUT2D eigenvalue weighted by Gasteiger charge is -2.18. The van der Waals surface area contributed by atoms with Crippen LogP contribution in [-0.2, 0) is 12.8 Å². The van der Waals surface area contributed by atoms with Crippen molar-refractivity contribution in [2.75, 3.05) is 5.32 Å². The summed E-state index contributed by atoms with van der Waals surface area (Å²) in [6, 6.07) is 16.2. The summed E-state index contributed by atoms with van der Waals surface area (Å²) in [6.45, 7) is 6.66. The van der Waals surface area contributed by atoms with Crippen LogP contribution in [0.5, 0.6) is 0 Å². The molecule has 1 aliphatic carbocycles. The highest BCUT2D eigenvalue weighted by Crippen LogP contribution is 2.47. The molecule has 0 spiro atoms. The number of rotatable bonds is 5. The van der Waals surface area contributed by atoms with E-state index >= 15 is 0 Å². The molecule has 0 bridgehead atoms. The standard InChI is InChI=1S/C26H26N2OS3/c1-15(2)30-18-11-9-17(10-12-18)24(29)28-26-23(19-13-8-16(3)14-22(19)32-26)25-27-20-6-4-5-7-21(20)31-25/h4-7,9-12,15-16H,8,13-14H2,1-3H3,(H,28,29). The van der Waals surface area contributed by atoms with Crippen LogP contribution in [0, 0.1) is 5.92 Å². The minimum atomic E-state index is -0.0555. The Morgan fingerprint density at radius 3 is 2.66 bits per heavy atom. The van der Waals surface area contributed by atoms with Gasteiger partial charge in [-0.3, -0.25) is 4.79 Å². The van der Waals surface area contributed by atoms with Gasteiger partial charge in [-0.2, -0.15) is 0 Å². The molecule has 0 saturated carbocycles. The Hall–Kier alpha value is -2.15. The van der Waals surface area contributed by atoms with E-state index in [2.05, 4.69) is 44.3 Å². The van der Waals surface area contributed by atoms with Crippen molar-refractivity contribution in [3.05, 3.63) is 64.5 Å². The zero-order valence-electron chi connectivity index (χ0n) is 18.5. The predicted octanol–water partition coefficient (Wildman–Crippen LogP) is 7.90. The Balaban J connectivity index is 1.50. The van der Waals surface area contributed by atoms with Gasteiger partial charge in [0.2, 0.25) is 0 Å². The first-order valence-electron chi connectivity index (χ1n) is 11.1. The largest absolute Gasteiger partial charge is 0.313 e. The van der Waals surface area contributed by atoms with E-state index in [4.69, 9.17) is 4.98 Å².